The fourth-order valence-electron chi connectivity index (χ4n) is 1.58. The quantitative estimate of drug-likeness (QED) is 0.852. The molecular weight excluding hydrogens is 278 g/mol. The molecule has 0 fully saturated rings. The number of nitrogens with zero attached hydrogens (tertiary/aromatic N) is 2. The van der Waals surface area contributed by atoms with Crippen LogP contribution in [0.15, 0.2) is 17.5 Å². The lowest BCUT2D eigenvalue weighted by Crippen LogP contribution is -2.18. The molecule has 3 nitrogen and oxygen atoms in total. The number of anilines is 1. The minimum absolute atomic E-state index is 0.114. The van der Waals surface area contributed by atoms with Gasteiger partial charge in [-0.15, -0.1) is 11.3 Å². The molecule has 0 saturated heterocycles. The number of aromatic nitrogens is 2. The third kappa shape index (κ3) is 3.45. The molecule has 0 aliphatic heterocycles. The van der Waals surface area contributed by atoms with Crippen molar-refractivity contribution in [3.63, 3.8) is 0 Å². The van der Waals surface area contributed by atoms with Gasteiger partial charge < -0.3 is 5.32 Å². The van der Waals surface area contributed by atoms with Crippen molar-refractivity contribution in [1.29, 1.82) is 0 Å². The Morgan fingerprint density at radius 3 is 2.63 bits per heavy atom. The van der Waals surface area contributed by atoms with E-state index in [2.05, 4.69) is 47.5 Å². The lowest BCUT2D eigenvalue weighted by atomic mass is 9.95. The largest absolute Gasteiger partial charge is 0.365 e. The van der Waals surface area contributed by atoms with Crippen LogP contribution < -0.4 is 5.32 Å². The lowest BCUT2D eigenvalue weighted by Gasteiger charge is -2.19. The van der Waals surface area contributed by atoms with Gasteiger partial charge in [0.1, 0.15) is 16.8 Å². The second-order valence-electron chi connectivity index (χ2n) is 5.49. The number of halogens is 1. The Morgan fingerprint density at radius 1 is 1.32 bits per heavy atom. The van der Waals surface area contributed by atoms with Crippen LogP contribution in [0.1, 0.15) is 37.0 Å². The topological polar surface area (TPSA) is 37.8 Å². The smallest absolute Gasteiger partial charge is 0.137 e. The predicted octanol–water partition coefficient (Wildman–Crippen LogP) is 4.41. The summed E-state index contributed by atoms with van der Waals surface area (Å²) in [6.07, 6.45) is 0. The van der Waals surface area contributed by atoms with E-state index in [1.54, 1.807) is 11.3 Å². The molecule has 0 radical (unpaired) electrons. The molecule has 0 spiro atoms. The molecule has 0 bridgehead atoms. The van der Waals surface area contributed by atoms with Gasteiger partial charge in [-0.05, 0) is 18.4 Å². The van der Waals surface area contributed by atoms with E-state index in [4.69, 9.17) is 11.6 Å². The number of hydrogen-bond donors (Lipinski definition) is 1. The third-order valence-electron chi connectivity index (χ3n) is 2.77. The predicted molar refractivity (Wildman–Crippen MR) is 82.1 cm³/mol. The Bertz CT molecular complexity index is 559. The Hall–Kier alpha value is -1.13. The fourth-order valence-corrected chi connectivity index (χ4v) is 2.39. The molecule has 0 aliphatic rings. The summed E-state index contributed by atoms with van der Waals surface area (Å²) in [7, 11) is 0. The maximum absolute atomic E-state index is 6.20. The second-order valence-corrected chi connectivity index (χ2v) is 6.88. The fraction of sp³-hybridized carbons (Fsp3) is 0.429. The van der Waals surface area contributed by atoms with E-state index >= 15 is 0 Å². The van der Waals surface area contributed by atoms with E-state index in [0.717, 1.165) is 23.8 Å². The van der Waals surface area contributed by atoms with Crippen LogP contribution in [0.25, 0.3) is 0 Å². The van der Waals surface area contributed by atoms with Gasteiger partial charge in [0.25, 0.3) is 0 Å². The van der Waals surface area contributed by atoms with E-state index < -0.39 is 0 Å². The molecule has 2 heterocycles. The van der Waals surface area contributed by atoms with Crippen LogP contribution in [0.2, 0.25) is 5.15 Å². The lowest BCUT2D eigenvalue weighted by molar-refractivity contribution is 0.545. The third-order valence-corrected chi connectivity index (χ3v) is 4.01. The summed E-state index contributed by atoms with van der Waals surface area (Å²) in [6.45, 7) is 8.94. The van der Waals surface area contributed by atoms with Crippen LogP contribution in [0.5, 0.6) is 0 Å². The first-order valence-electron chi connectivity index (χ1n) is 6.19. The summed E-state index contributed by atoms with van der Waals surface area (Å²) >= 11 is 7.92. The van der Waals surface area contributed by atoms with Crippen LogP contribution in [0, 0.1) is 6.92 Å². The first-order chi connectivity index (χ1) is 8.88. The molecule has 0 amide bonds. The molecule has 0 aliphatic carbocycles. The Labute approximate surface area is 123 Å². The molecule has 5 heteroatoms. The average molecular weight is 296 g/mol. The first kappa shape index (κ1) is 14.3. The van der Waals surface area contributed by atoms with Gasteiger partial charge >= 0.3 is 0 Å². The number of rotatable bonds is 3. The Kier molecular flexibility index (Phi) is 4.11. The van der Waals surface area contributed by atoms with E-state index in [-0.39, 0.29) is 5.41 Å². The number of hydrogen-bond acceptors (Lipinski definition) is 4. The highest BCUT2D eigenvalue weighted by Gasteiger charge is 2.20. The molecule has 0 unspecified atom stereocenters. The van der Waals surface area contributed by atoms with Gasteiger partial charge in [0.05, 0.1) is 6.54 Å². The van der Waals surface area contributed by atoms with Gasteiger partial charge in [0.2, 0.25) is 0 Å². The summed E-state index contributed by atoms with van der Waals surface area (Å²) < 4.78 is 0. The van der Waals surface area contributed by atoms with Crippen LogP contribution in [0.4, 0.5) is 5.82 Å². The molecular formula is C14H18ClN3S. The molecule has 2 aromatic rings. The molecule has 0 atom stereocenters. The monoisotopic (exact) mass is 295 g/mol. The zero-order chi connectivity index (χ0) is 14.0. The maximum atomic E-state index is 6.20. The van der Waals surface area contributed by atoms with Crippen molar-refractivity contribution >= 4 is 28.8 Å². The van der Waals surface area contributed by atoms with Gasteiger partial charge in [0.15, 0.2) is 0 Å². The number of thiophene rings is 1. The van der Waals surface area contributed by atoms with Crippen molar-refractivity contribution in [1.82, 2.24) is 9.97 Å². The standard InChI is InChI=1S/C14H18ClN3S/c1-9-11(15)17-13(14(2,3)4)18-12(9)16-8-10-6-5-7-19-10/h5-7H,8H2,1-4H3,(H,16,17,18). The minimum Gasteiger partial charge on any atom is -0.365 e. The second kappa shape index (κ2) is 5.47. The van der Waals surface area contributed by atoms with Crippen molar-refractivity contribution in [2.45, 2.75) is 39.7 Å². The molecule has 2 aromatic heterocycles. The highest BCUT2D eigenvalue weighted by molar-refractivity contribution is 7.09. The molecule has 1 N–H and O–H groups in total. The normalized spacial score (nSPS) is 11.6. The highest BCUT2D eigenvalue weighted by Crippen LogP contribution is 2.26. The Morgan fingerprint density at radius 2 is 2.05 bits per heavy atom. The Balaban J connectivity index is 2.26. The molecule has 2 rings (SSSR count). The van der Waals surface area contributed by atoms with Gasteiger partial charge in [0, 0.05) is 15.9 Å². The SMILES string of the molecule is Cc1c(Cl)nc(C(C)(C)C)nc1NCc1cccs1. The summed E-state index contributed by atoms with van der Waals surface area (Å²) in [5.74, 6) is 1.58. The number of nitrogens with one attached hydrogen (secondary N) is 1. The summed E-state index contributed by atoms with van der Waals surface area (Å²) in [5.41, 5.74) is 0.780. The summed E-state index contributed by atoms with van der Waals surface area (Å²) in [4.78, 5) is 10.2. The molecule has 19 heavy (non-hydrogen) atoms. The van der Waals surface area contributed by atoms with Gasteiger partial charge in [-0.2, -0.15) is 0 Å². The van der Waals surface area contributed by atoms with Crippen LogP contribution in [-0.2, 0) is 12.0 Å². The van der Waals surface area contributed by atoms with Crippen molar-refractivity contribution in [3.8, 4) is 0 Å². The minimum atomic E-state index is -0.114. The van der Waals surface area contributed by atoms with Gasteiger partial charge in [-0.1, -0.05) is 38.4 Å². The first-order valence-corrected chi connectivity index (χ1v) is 7.44. The van der Waals surface area contributed by atoms with E-state index in [9.17, 15) is 0 Å². The summed E-state index contributed by atoms with van der Waals surface area (Å²) in [6, 6.07) is 4.14. The zero-order valence-electron chi connectivity index (χ0n) is 11.6. The van der Waals surface area contributed by atoms with Crippen LogP contribution in [-0.4, -0.2) is 9.97 Å². The van der Waals surface area contributed by atoms with Crippen LogP contribution >= 0.6 is 22.9 Å². The zero-order valence-corrected chi connectivity index (χ0v) is 13.2. The van der Waals surface area contributed by atoms with Crippen LogP contribution in [0.3, 0.4) is 0 Å². The van der Waals surface area contributed by atoms with Crippen molar-refractivity contribution in [2.75, 3.05) is 5.32 Å². The molecule has 0 aromatic carbocycles. The maximum Gasteiger partial charge on any atom is 0.137 e. The van der Waals surface area contributed by atoms with E-state index in [1.807, 2.05) is 13.0 Å². The van der Waals surface area contributed by atoms with Gasteiger partial charge in [-0.25, -0.2) is 9.97 Å². The van der Waals surface area contributed by atoms with E-state index in [0.29, 0.717) is 5.15 Å². The summed E-state index contributed by atoms with van der Waals surface area (Å²) in [5, 5.41) is 5.93. The van der Waals surface area contributed by atoms with Gasteiger partial charge in [-0.3, -0.25) is 0 Å². The van der Waals surface area contributed by atoms with Crippen molar-refractivity contribution in [3.05, 3.63) is 38.9 Å². The van der Waals surface area contributed by atoms with E-state index in [1.165, 1.54) is 4.88 Å². The average Bonchev–Trinajstić information content (AvgIpc) is 2.82. The molecule has 0 saturated carbocycles. The molecule has 102 valence electrons. The highest BCUT2D eigenvalue weighted by atomic mass is 35.5. The van der Waals surface area contributed by atoms with Crippen molar-refractivity contribution < 1.29 is 0 Å². The van der Waals surface area contributed by atoms with Crippen molar-refractivity contribution in [2.24, 2.45) is 0 Å².